The van der Waals surface area contributed by atoms with Crippen LogP contribution in [0.3, 0.4) is 0 Å². The summed E-state index contributed by atoms with van der Waals surface area (Å²) in [4.78, 5) is 0. The van der Waals surface area contributed by atoms with Crippen molar-refractivity contribution in [1.82, 2.24) is 0 Å². The Hall–Kier alpha value is 0.475. The van der Waals surface area contributed by atoms with E-state index in [1.807, 2.05) is 35.4 Å². The normalized spacial score (nSPS) is 9.71. The zero-order valence-electron chi connectivity index (χ0n) is 4.56. The Bertz CT molecular complexity index is 142. The molecule has 0 fully saturated rings. The van der Waals surface area contributed by atoms with Crippen LogP contribution < -0.4 is 8.47 Å². The van der Waals surface area contributed by atoms with Crippen LogP contribution in [0.25, 0.3) is 0 Å². The van der Waals surface area contributed by atoms with Crippen molar-refractivity contribution >= 4 is 43.9 Å². The molecule has 1 rings (SSSR count). The molecule has 0 aliphatic carbocycles. The first-order valence-electron chi connectivity index (χ1n) is 2.30. The van der Waals surface area contributed by atoms with E-state index in [4.69, 9.17) is 4.42 Å². The second-order valence-electron chi connectivity index (χ2n) is 1.74. The van der Waals surface area contributed by atoms with Gasteiger partial charge in [0.15, 0.2) is 0 Å². The molecule has 7 heavy (non-hydrogen) atoms. The molecule has 0 radical (unpaired) electrons. The van der Waals surface area contributed by atoms with Gasteiger partial charge in [-0.2, -0.15) is 0 Å². The Morgan fingerprint density at radius 2 is 1.57 bits per heavy atom. The van der Waals surface area contributed by atoms with Crippen LogP contribution >= 0.6 is 0 Å². The summed E-state index contributed by atoms with van der Waals surface area (Å²) in [6.07, 6.45) is 3.49. The molecule has 0 N–H and O–H groups in total. The van der Waals surface area contributed by atoms with Crippen molar-refractivity contribution < 1.29 is 4.42 Å². The van der Waals surface area contributed by atoms with Gasteiger partial charge in [-0.25, -0.2) is 0 Å². The van der Waals surface area contributed by atoms with Gasteiger partial charge in [-0.3, -0.25) is 0 Å². The average Bonchev–Trinajstić information content (AvgIpc) is 1.91. The molecule has 0 saturated carbocycles. The Balaban J connectivity index is 3.12. The SMILES string of the molecule is [Li][c]1coc[c]1[Li]. The second kappa shape index (κ2) is 2.16. The fraction of sp³-hybridized carbons (Fsp3) is 0. The third-order valence-corrected chi connectivity index (χ3v) is 1.11. The maximum absolute atomic E-state index is 4.84. The van der Waals surface area contributed by atoms with Gasteiger partial charge in [-0.05, 0) is 0 Å². The summed E-state index contributed by atoms with van der Waals surface area (Å²) in [5.74, 6) is 0. The van der Waals surface area contributed by atoms with E-state index in [9.17, 15) is 0 Å². The molecular weight excluding hydrogens is 77.9 g/mol. The van der Waals surface area contributed by atoms with Crippen LogP contribution in [0, 0.1) is 0 Å². The fourth-order valence-corrected chi connectivity index (χ4v) is 0.424. The topological polar surface area (TPSA) is 13.1 Å². The molecular formula is C4H2Li2O. The van der Waals surface area contributed by atoms with Gasteiger partial charge in [0.05, 0.1) is 0 Å². The van der Waals surface area contributed by atoms with E-state index in [0.29, 0.717) is 0 Å². The van der Waals surface area contributed by atoms with Gasteiger partial charge in [-0.1, -0.05) is 0 Å². The average molecular weight is 79.9 g/mol. The Morgan fingerprint density at radius 3 is 1.71 bits per heavy atom. The Kier molecular flexibility index (Phi) is 1.73. The fourth-order valence-electron chi connectivity index (χ4n) is 0.424. The Labute approximate surface area is 60.9 Å². The maximum atomic E-state index is 4.84. The summed E-state index contributed by atoms with van der Waals surface area (Å²) in [6.45, 7) is 0. The molecule has 0 atom stereocenters. The summed E-state index contributed by atoms with van der Waals surface area (Å²) in [7, 11) is 0. The number of furan rings is 1. The van der Waals surface area contributed by atoms with E-state index in [2.05, 4.69) is 0 Å². The summed E-state index contributed by atoms with van der Waals surface area (Å²) >= 11 is 4.05. The standard InChI is InChI=1S/C4H2O.2Li/c1-2-4-5-3-1;;/h3-4H;;. The van der Waals surface area contributed by atoms with Crippen LogP contribution in [0.2, 0.25) is 0 Å². The first kappa shape index (κ1) is 5.61. The Morgan fingerprint density at radius 1 is 1.14 bits per heavy atom. The summed E-state index contributed by atoms with van der Waals surface area (Å²) in [5, 5.41) is 0. The number of hydrogen-bond donors (Lipinski definition) is 0. The van der Waals surface area contributed by atoms with E-state index in [1.165, 1.54) is 8.47 Å². The zero-order valence-corrected chi connectivity index (χ0v) is 4.56. The molecule has 3 heteroatoms. The molecule has 0 aromatic carbocycles. The van der Waals surface area contributed by atoms with Crippen molar-refractivity contribution in [3.63, 3.8) is 0 Å². The number of rotatable bonds is 0. The second-order valence-corrected chi connectivity index (χ2v) is 1.74. The third-order valence-electron chi connectivity index (χ3n) is 1.11. The summed E-state index contributed by atoms with van der Waals surface area (Å²) < 4.78 is 7.29. The van der Waals surface area contributed by atoms with Crippen LogP contribution in [0.1, 0.15) is 0 Å². The molecule has 0 unspecified atom stereocenters. The van der Waals surface area contributed by atoms with Crippen molar-refractivity contribution in [2.24, 2.45) is 0 Å². The minimum absolute atomic E-state index is 1.22. The van der Waals surface area contributed by atoms with E-state index >= 15 is 0 Å². The van der Waals surface area contributed by atoms with Gasteiger partial charge < -0.3 is 0 Å². The third kappa shape index (κ3) is 1.18. The van der Waals surface area contributed by atoms with Crippen LogP contribution in [-0.4, -0.2) is 35.4 Å². The van der Waals surface area contributed by atoms with E-state index < -0.39 is 0 Å². The van der Waals surface area contributed by atoms with Gasteiger partial charge in [0.25, 0.3) is 0 Å². The van der Waals surface area contributed by atoms with Gasteiger partial charge in [0, 0.05) is 0 Å². The minimum atomic E-state index is 1.22. The molecule has 0 aliphatic rings. The van der Waals surface area contributed by atoms with E-state index in [-0.39, 0.29) is 0 Å². The molecule has 1 aromatic rings. The first-order valence-corrected chi connectivity index (χ1v) is 2.30. The molecule has 0 spiro atoms. The van der Waals surface area contributed by atoms with Crippen molar-refractivity contribution in [3.05, 3.63) is 12.5 Å². The summed E-state index contributed by atoms with van der Waals surface area (Å²) in [5.41, 5.74) is 0. The van der Waals surface area contributed by atoms with Crippen LogP contribution in [0.15, 0.2) is 16.9 Å². The van der Waals surface area contributed by atoms with Crippen molar-refractivity contribution in [2.75, 3.05) is 0 Å². The summed E-state index contributed by atoms with van der Waals surface area (Å²) in [6, 6.07) is 0. The molecule has 26 valence electrons. The predicted molar refractivity (Wildman–Crippen MR) is 29.5 cm³/mol. The molecule has 0 amide bonds. The monoisotopic (exact) mass is 80.0 g/mol. The van der Waals surface area contributed by atoms with Gasteiger partial charge in [0.2, 0.25) is 0 Å². The molecule has 0 saturated heterocycles. The van der Waals surface area contributed by atoms with Crippen molar-refractivity contribution in [1.29, 1.82) is 0 Å². The molecule has 0 bridgehead atoms. The van der Waals surface area contributed by atoms with E-state index in [0.717, 1.165) is 0 Å². The van der Waals surface area contributed by atoms with Crippen LogP contribution in [0.5, 0.6) is 0 Å². The quantitative estimate of drug-likeness (QED) is 0.359. The first-order chi connectivity index (χ1) is 3.30. The van der Waals surface area contributed by atoms with Crippen molar-refractivity contribution in [3.8, 4) is 0 Å². The zero-order chi connectivity index (χ0) is 5.28. The molecule has 1 aromatic heterocycles. The van der Waals surface area contributed by atoms with Crippen LogP contribution in [-0.2, 0) is 0 Å². The number of hydrogen-bond acceptors (Lipinski definition) is 1. The van der Waals surface area contributed by atoms with Crippen molar-refractivity contribution in [2.45, 2.75) is 0 Å². The molecule has 1 heterocycles. The molecule has 0 aliphatic heterocycles. The predicted octanol–water partition coefficient (Wildman–Crippen LogP) is -1.13. The van der Waals surface area contributed by atoms with Gasteiger partial charge in [-0.15, -0.1) is 0 Å². The molecule has 1 nitrogen and oxygen atoms in total. The van der Waals surface area contributed by atoms with Gasteiger partial charge in [0.1, 0.15) is 0 Å². The van der Waals surface area contributed by atoms with Crippen LogP contribution in [0.4, 0.5) is 0 Å². The van der Waals surface area contributed by atoms with Gasteiger partial charge >= 0.3 is 60.8 Å². The van der Waals surface area contributed by atoms with E-state index in [1.54, 1.807) is 12.5 Å².